The van der Waals surface area contributed by atoms with Gasteiger partial charge >= 0.3 is 11.9 Å². The number of carbonyl (C=O) groups excluding carboxylic acids is 2. The van der Waals surface area contributed by atoms with Crippen molar-refractivity contribution < 1.29 is 32.2 Å². The molecule has 2 aromatic heterocycles. The van der Waals surface area contributed by atoms with Gasteiger partial charge in [0.2, 0.25) is 10.0 Å². The van der Waals surface area contributed by atoms with Gasteiger partial charge in [-0.15, -0.1) is 5.10 Å². The third kappa shape index (κ3) is 6.96. The topological polar surface area (TPSA) is 162 Å². The molecule has 0 bridgehead atoms. The summed E-state index contributed by atoms with van der Waals surface area (Å²) in [5.41, 5.74) is 0.857. The number of piperidine rings is 1. The van der Waals surface area contributed by atoms with Crippen LogP contribution in [-0.2, 0) is 35.5 Å². The number of H-pyrrole nitrogens is 1. The second kappa shape index (κ2) is 14.3. The zero-order valence-electron chi connectivity index (χ0n) is 25.9. The normalized spacial score (nSPS) is 14.7. The second-order valence-electron chi connectivity index (χ2n) is 10.7. The van der Waals surface area contributed by atoms with Gasteiger partial charge < -0.3 is 19.2 Å². The van der Waals surface area contributed by atoms with Crippen molar-refractivity contribution in [3.63, 3.8) is 0 Å². The summed E-state index contributed by atoms with van der Waals surface area (Å²) in [6, 6.07) is 4.52. The summed E-state index contributed by atoms with van der Waals surface area (Å²) in [7, 11) is -3.94. The molecule has 0 unspecified atom stereocenters. The van der Waals surface area contributed by atoms with Gasteiger partial charge in [-0.2, -0.15) is 4.31 Å². The molecule has 3 aromatic rings. The minimum atomic E-state index is -3.94. The number of sulfonamides is 1. The average Bonchev–Trinajstić information content (AvgIpc) is 3.31. The van der Waals surface area contributed by atoms with Crippen molar-refractivity contribution in [1.82, 2.24) is 23.9 Å². The molecular weight excluding hydrogens is 590 g/mol. The Hall–Kier alpha value is -3.78. The summed E-state index contributed by atoms with van der Waals surface area (Å²) in [6.07, 6.45) is 2.58. The van der Waals surface area contributed by atoms with Crippen LogP contribution in [0.3, 0.4) is 0 Å². The average molecular weight is 632 g/mol. The number of esters is 2. The van der Waals surface area contributed by atoms with Crippen molar-refractivity contribution in [2.45, 2.75) is 71.6 Å². The van der Waals surface area contributed by atoms with E-state index in [1.807, 2.05) is 13.8 Å². The van der Waals surface area contributed by atoms with Gasteiger partial charge in [-0.3, -0.25) is 14.4 Å². The van der Waals surface area contributed by atoms with Crippen LogP contribution in [0.15, 0.2) is 27.9 Å². The predicted octanol–water partition coefficient (Wildman–Crippen LogP) is 3.28. The molecule has 4 rings (SSSR count). The van der Waals surface area contributed by atoms with E-state index in [1.54, 1.807) is 26.8 Å². The van der Waals surface area contributed by atoms with Gasteiger partial charge in [-0.1, -0.05) is 6.92 Å². The Bertz CT molecular complexity index is 1640. The van der Waals surface area contributed by atoms with Crippen LogP contribution in [0.4, 0.5) is 0 Å². The van der Waals surface area contributed by atoms with Crippen molar-refractivity contribution in [2.75, 3.05) is 32.9 Å². The lowest BCUT2D eigenvalue weighted by atomic mass is 9.87. The van der Waals surface area contributed by atoms with Crippen molar-refractivity contribution in [3.05, 3.63) is 40.1 Å². The van der Waals surface area contributed by atoms with Gasteiger partial charge in [-0.25, -0.2) is 17.9 Å². The fourth-order valence-corrected chi connectivity index (χ4v) is 7.02. The number of aryl methyl sites for hydroxylation is 2. The number of hydrogen-bond donors (Lipinski definition) is 1. The van der Waals surface area contributed by atoms with Crippen LogP contribution in [0.25, 0.3) is 16.9 Å². The lowest BCUT2D eigenvalue weighted by molar-refractivity contribution is -0.162. The highest BCUT2D eigenvalue weighted by Crippen LogP contribution is 2.33. The number of nitrogens with one attached hydrogen (secondary N) is 1. The van der Waals surface area contributed by atoms with Crippen molar-refractivity contribution in [3.8, 4) is 17.1 Å². The first-order valence-corrected chi connectivity index (χ1v) is 16.6. The number of fused-ring (bicyclic) bond motifs is 1. The maximum atomic E-state index is 13.8. The van der Waals surface area contributed by atoms with Gasteiger partial charge in [0.1, 0.15) is 11.6 Å². The maximum absolute atomic E-state index is 13.8. The number of imidazole rings is 1. The summed E-state index contributed by atoms with van der Waals surface area (Å²) in [5, 5.41) is 4.65. The number of carbonyl (C=O) groups is 2. The first kappa shape index (κ1) is 33.1. The third-order valence-corrected chi connectivity index (χ3v) is 9.54. The molecule has 1 saturated heterocycles. The van der Waals surface area contributed by atoms with Gasteiger partial charge in [0.25, 0.3) is 5.56 Å². The van der Waals surface area contributed by atoms with E-state index in [2.05, 4.69) is 15.1 Å². The molecule has 1 aromatic carbocycles. The number of rotatable bonds is 13. The molecule has 0 radical (unpaired) electrons. The number of aromatic amines is 1. The molecule has 44 heavy (non-hydrogen) atoms. The zero-order chi connectivity index (χ0) is 32.0. The van der Waals surface area contributed by atoms with Crippen LogP contribution >= 0.6 is 0 Å². The van der Waals surface area contributed by atoms with Gasteiger partial charge in [0.15, 0.2) is 17.3 Å². The predicted molar refractivity (Wildman–Crippen MR) is 162 cm³/mol. The number of aromatic nitrogens is 4. The molecule has 0 amide bonds. The fraction of sp³-hybridized carbons (Fsp3) is 0.567. The van der Waals surface area contributed by atoms with E-state index in [-0.39, 0.29) is 54.9 Å². The Morgan fingerprint density at radius 2 is 1.70 bits per heavy atom. The Kier molecular flexibility index (Phi) is 10.8. The minimum Gasteiger partial charge on any atom is -0.493 e. The van der Waals surface area contributed by atoms with Crippen molar-refractivity contribution >= 4 is 27.5 Å². The highest BCUT2D eigenvalue weighted by molar-refractivity contribution is 7.89. The molecule has 0 aliphatic carbocycles. The lowest BCUT2D eigenvalue weighted by Crippen LogP contribution is -2.40. The molecule has 13 nitrogen and oxygen atoms in total. The fourth-order valence-electron chi connectivity index (χ4n) is 5.52. The van der Waals surface area contributed by atoms with Gasteiger partial charge in [0, 0.05) is 19.5 Å². The Morgan fingerprint density at radius 1 is 1.05 bits per heavy atom. The zero-order valence-corrected chi connectivity index (χ0v) is 26.7. The summed E-state index contributed by atoms with van der Waals surface area (Å²) in [4.78, 5) is 45.3. The molecule has 240 valence electrons. The van der Waals surface area contributed by atoms with E-state index in [1.165, 1.54) is 21.0 Å². The van der Waals surface area contributed by atoms with Crippen LogP contribution < -0.4 is 10.3 Å². The van der Waals surface area contributed by atoms with E-state index in [9.17, 15) is 22.8 Å². The Labute approximate surface area is 257 Å². The number of hydrogen-bond acceptors (Lipinski definition) is 10. The Balaban J connectivity index is 1.60. The van der Waals surface area contributed by atoms with E-state index in [4.69, 9.17) is 14.2 Å². The maximum Gasteiger partial charge on any atom is 0.320 e. The molecule has 14 heteroatoms. The standard InChI is InChI=1S/C30H41N5O8S/c1-6-10-25-31-19(5)26-28(36)32-27(33-35(25)26)22-18-21(11-12-24(22)41-7-2)44(39,40)34-15-13-20(14-16-34)17-23(29(37)42-8-3)30(38)43-9-4/h11-12,18,20,23H,6-10,13-17H2,1-5H3,(H,32,33,36). The van der Waals surface area contributed by atoms with Gasteiger partial charge in [0.05, 0.1) is 36.0 Å². The number of nitrogens with zero attached hydrogens (tertiary/aromatic N) is 4. The van der Waals surface area contributed by atoms with Crippen LogP contribution in [0.2, 0.25) is 0 Å². The number of benzene rings is 1. The molecule has 1 fully saturated rings. The Morgan fingerprint density at radius 3 is 2.30 bits per heavy atom. The van der Waals surface area contributed by atoms with Crippen molar-refractivity contribution in [1.29, 1.82) is 0 Å². The van der Waals surface area contributed by atoms with Crippen LogP contribution in [0, 0.1) is 18.8 Å². The SMILES string of the molecule is CCCc1nc(C)c2c(=O)[nH]c(-c3cc(S(=O)(=O)N4CCC(CC(C(=O)OCC)C(=O)OCC)CC4)ccc3OCC)nn12. The minimum absolute atomic E-state index is 0.0312. The molecule has 1 aliphatic heterocycles. The van der Waals surface area contributed by atoms with Crippen LogP contribution in [0.5, 0.6) is 5.75 Å². The summed E-state index contributed by atoms with van der Waals surface area (Å²) >= 11 is 0. The molecule has 0 spiro atoms. The van der Waals surface area contributed by atoms with E-state index in [0.717, 1.165) is 6.42 Å². The van der Waals surface area contributed by atoms with Gasteiger partial charge in [-0.05, 0) is 77.5 Å². The largest absolute Gasteiger partial charge is 0.493 e. The summed E-state index contributed by atoms with van der Waals surface area (Å²) in [5.74, 6) is -1.16. The van der Waals surface area contributed by atoms with Crippen LogP contribution in [-0.4, -0.2) is 77.2 Å². The molecule has 1 aliphatic rings. The molecule has 0 saturated carbocycles. The molecular formula is C30H41N5O8S. The first-order valence-electron chi connectivity index (χ1n) is 15.1. The first-order chi connectivity index (χ1) is 21.0. The van der Waals surface area contributed by atoms with E-state index in [0.29, 0.717) is 54.2 Å². The quantitative estimate of drug-likeness (QED) is 0.219. The van der Waals surface area contributed by atoms with Crippen molar-refractivity contribution in [2.24, 2.45) is 11.8 Å². The third-order valence-electron chi connectivity index (χ3n) is 7.64. The van der Waals surface area contributed by atoms with E-state index < -0.39 is 27.9 Å². The highest BCUT2D eigenvalue weighted by Gasteiger charge is 2.36. The molecule has 0 atom stereocenters. The van der Waals surface area contributed by atoms with E-state index >= 15 is 0 Å². The van der Waals surface area contributed by atoms with Crippen LogP contribution in [0.1, 0.15) is 64.9 Å². The second-order valence-corrected chi connectivity index (χ2v) is 12.6. The highest BCUT2D eigenvalue weighted by atomic mass is 32.2. The summed E-state index contributed by atoms with van der Waals surface area (Å²) in [6.45, 7) is 9.95. The summed E-state index contributed by atoms with van der Waals surface area (Å²) < 4.78 is 46.5. The molecule has 3 heterocycles. The number of ether oxygens (including phenoxy) is 3. The monoisotopic (exact) mass is 631 g/mol. The molecule has 1 N–H and O–H groups in total. The smallest absolute Gasteiger partial charge is 0.320 e. The lowest BCUT2D eigenvalue weighted by Gasteiger charge is -2.32.